The first kappa shape index (κ1) is 21.9. The van der Waals surface area contributed by atoms with Crippen molar-refractivity contribution in [2.75, 3.05) is 13.2 Å². The van der Waals surface area contributed by atoms with Gasteiger partial charge in [0.25, 0.3) is 0 Å². The van der Waals surface area contributed by atoms with Gasteiger partial charge in [0.1, 0.15) is 19.2 Å². The smallest absolute Gasteiger partial charge is 0.407 e. The Morgan fingerprint density at radius 1 is 0.938 bits per heavy atom. The minimum Gasteiger partial charge on any atom is -0.480 e. The standard InChI is InChI=1S/C25H28N2O5/c28-22(27-23(24(29)30)16-8-2-1-3-9-16)14-26-25(31)32-15-21-19-12-6-4-10-17(19)18-11-5-7-13-20(18)21/h4-7,10-13,16,21,23H,1-3,8-9,14-15H2,(H,26,31)(H,27,28)(H,29,30). The molecule has 0 saturated heterocycles. The van der Waals surface area contributed by atoms with Gasteiger partial charge in [-0.2, -0.15) is 0 Å². The Morgan fingerprint density at radius 3 is 2.12 bits per heavy atom. The summed E-state index contributed by atoms with van der Waals surface area (Å²) in [7, 11) is 0. The zero-order valence-electron chi connectivity index (χ0n) is 17.9. The highest BCUT2D eigenvalue weighted by Gasteiger charge is 2.31. The van der Waals surface area contributed by atoms with E-state index in [-0.39, 0.29) is 25.0 Å². The number of hydrogen-bond acceptors (Lipinski definition) is 4. The number of amides is 2. The second kappa shape index (κ2) is 9.85. The first-order valence-electron chi connectivity index (χ1n) is 11.2. The van der Waals surface area contributed by atoms with Gasteiger partial charge in [-0.3, -0.25) is 4.79 Å². The van der Waals surface area contributed by atoms with E-state index in [0.717, 1.165) is 54.4 Å². The molecule has 0 spiro atoms. The molecule has 0 aliphatic heterocycles. The van der Waals surface area contributed by atoms with E-state index in [1.807, 2.05) is 36.4 Å². The molecule has 1 unspecified atom stereocenters. The van der Waals surface area contributed by atoms with E-state index in [1.165, 1.54) is 0 Å². The van der Waals surface area contributed by atoms with Gasteiger partial charge in [-0.15, -0.1) is 0 Å². The van der Waals surface area contributed by atoms with Crippen LogP contribution in [0.15, 0.2) is 48.5 Å². The molecule has 2 aromatic carbocycles. The summed E-state index contributed by atoms with van der Waals surface area (Å²) in [6.45, 7) is -0.172. The van der Waals surface area contributed by atoms with Gasteiger partial charge < -0.3 is 20.5 Å². The number of carboxylic acid groups (broad SMARTS) is 1. The molecule has 1 atom stereocenters. The minimum absolute atomic E-state index is 0.0651. The molecule has 0 radical (unpaired) electrons. The Labute approximate surface area is 187 Å². The Morgan fingerprint density at radius 2 is 1.53 bits per heavy atom. The first-order valence-corrected chi connectivity index (χ1v) is 11.2. The molecule has 2 aliphatic rings. The van der Waals surface area contributed by atoms with Crippen LogP contribution in [0, 0.1) is 5.92 Å². The summed E-state index contributed by atoms with van der Waals surface area (Å²) < 4.78 is 5.41. The number of nitrogens with one attached hydrogen (secondary N) is 2. The van der Waals surface area contributed by atoms with Crippen LogP contribution in [-0.2, 0) is 14.3 Å². The predicted molar refractivity (Wildman–Crippen MR) is 119 cm³/mol. The molecule has 0 bridgehead atoms. The van der Waals surface area contributed by atoms with Crippen LogP contribution in [0.4, 0.5) is 4.79 Å². The van der Waals surface area contributed by atoms with Crippen LogP contribution in [0.2, 0.25) is 0 Å². The zero-order chi connectivity index (χ0) is 22.5. The summed E-state index contributed by atoms with van der Waals surface area (Å²) in [5, 5.41) is 14.5. The number of aliphatic carboxylic acids is 1. The van der Waals surface area contributed by atoms with Crippen molar-refractivity contribution in [1.82, 2.24) is 10.6 Å². The third-order valence-corrected chi connectivity index (χ3v) is 6.44. The van der Waals surface area contributed by atoms with Crippen LogP contribution < -0.4 is 10.6 Å². The maximum atomic E-state index is 12.2. The van der Waals surface area contributed by atoms with E-state index in [9.17, 15) is 19.5 Å². The fraction of sp³-hybridized carbons (Fsp3) is 0.400. The lowest BCUT2D eigenvalue weighted by atomic mass is 9.84. The molecule has 0 heterocycles. The second-order valence-electron chi connectivity index (χ2n) is 8.46. The molecule has 1 saturated carbocycles. The lowest BCUT2D eigenvalue weighted by molar-refractivity contribution is -0.143. The van der Waals surface area contributed by atoms with Crippen molar-refractivity contribution in [3.8, 4) is 11.1 Å². The van der Waals surface area contributed by atoms with E-state index in [2.05, 4.69) is 22.8 Å². The van der Waals surface area contributed by atoms with Crippen molar-refractivity contribution in [2.24, 2.45) is 5.92 Å². The molecular formula is C25H28N2O5. The molecule has 2 aliphatic carbocycles. The van der Waals surface area contributed by atoms with Gasteiger partial charge in [0.15, 0.2) is 0 Å². The zero-order valence-corrected chi connectivity index (χ0v) is 17.9. The van der Waals surface area contributed by atoms with Gasteiger partial charge in [0, 0.05) is 5.92 Å². The van der Waals surface area contributed by atoms with Crippen molar-refractivity contribution in [1.29, 1.82) is 0 Å². The number of alkyl carbamates (subject to hydrolysis) is 1. The number of rotatable bonds is 7. The molecule has 0 aromatic heterocycles. The highest BCUT2D eigenvalue weighted by Crippen LogP contribution is 2.44. The predicted octanol–water partition coefficient (Wildman–Crippen LogP) is 3.67. The summed E-state index contributed by atoms with van der Waals surface area (Å²) in [5.41, 5.74) is 4.49. The Balaban J connectivity index is 1.29. The lowest BCUT2D eigenvalue weighted by Gasteiger charge is -2.28. The molecule has 1 fully saturated rings. The SMILES string of the molecule is O=C(CNC(=O)OCC1c2ccccc2-c2ccccc21)NC(C(=O)O)C1CCCCC1. The number of hydrogen-bond donors (Lipinski definition) is 3. The van der Waals surface area contributed by atoms with Gasteiger partial charge in [0.2, 0.25) is 5.91 Å². The van der Waals surface area contributed by atoms with Crippen LogP contribution in [-0.4, -0.2) is 42.3 Å². The molecule has 4 rings (SSSR count). The lowest BCUT2D eigenvalue weighted by Crippen LogP contribution is -2.49. The van der Waals surface area contributed by atoms with Gasteiger partial charge in [-0.1, -0.05) is 67.8 Å². The monoisotopic (exact) mass is 436 g/mol. The average Bonchev–Trinajstić information content (AvgIpc) is 3.14. The van der Waals surface area contributed by atoms with Gasteiger partial charge in [-0.05, 0) is 41.0 Å². The number of carbonyl (C=O) groups is 3. The average molecular weight is 437 g/mol. The molecule has 7 nitrogen and oxygen atoms in total. The van der Waals surface area contributed by atoms with Gasteiger partial charge >= 0.3 is 12.1 Å². The van der Waals surface area contributed by atoms with Crippen LogP contribution in [0.25, 0.3) is 11.1 Å². The Bertz CT molecular complexity index is 954. The van der Waals surface area contributed by atoms with Crippen LogP contribution in [0.3, 0.4) is 0 Å². The normalized spacial score (nSPS) is 16.5. The maximum Gasteiger partial charge on any atom is 0.407 e. The van der Waals surface area contributed by atoms with E-state index in [1.54, 1.807) is 0 Å². The highest BCUT2D eigenvalue weighted by molar-refractivity contribution is 5.87. The molecule has 168 valence electrons. The van der Waals surface area contributed by atoms with Crippen LogP contribution in [0.1, 0.15) is 49.1 Å². The van der Waals surface area contributed by atoms with E-state index < -0.39 is 24.0 Å². The maximum absolute atomic E-state index is 12.2. The van der Waals surface area contributed by atoms with Gasteiger partial charge in [0.05, 0.1) is 0 Å². The van der Waals surface area contributed by atoms with Crippen molar-refractivity contribution in [3.63, 3.8) is 0 Å². The summed E-state index contributed by atoms with van der Waals surface area (Å²) in [6.07, 6.45) is 3.92. The topological polar surface area (TPSA) is 105 Å². The molecule has 3 N–H and O–H groups in total. The number of benzene rings is 2. The fourth-order valence-electron chi connectivity index (χ4n) is 4.88. The summed E-state index contributed by atoms with van der Waals surface area (Å²) in [6, 6.07) is 15.2. The van der Waals surface area contributed by atoms with Crippen LogP contribution in [0.5, 0.6) is 0 Å². The summed E-state index contributed by atoms with van der Waals surface area (Å²) in [4.78, 5) is 36.1. The number of carbonyl (C=O) groups excluding carboxylic acids is 2. The largest absolute Gasteiger partial charge is 0.480 e. The van der Waals surface area contributed by atoms with Gasteiger partial charge in [-0.25, -0.2) is 9.59 Å². The third kappa shape index (κ3) is 4.77. The molecular weight excluding hydrogens is 408 g/mol. The van der Waals surface area contributed by atoms with Crippen molar-refractivity contribution in [3.05, 3.63) is 59.7 Å². The number of carboxylic acids is 1. The molecule has 2 aromatic rings. The highest BCUT2D eigenvalue weighted by atomic mass is 16.5. The van der Waals surface area contributed by atoms with E-state index >= 15 is 0 Å². The van der Waals surface area contributed by atoms with Crippen molar-refractivity contribution in [2.45, 2.75) is 44.1 Å². The number of fused-ring (bicyclic) bond motifs is 3. The minimum atomic E-state index is -1.04. The molecule has 2 amide bonds. The Hall–Kier alpha value is -3.35. The van der Waals surface area contributed by atoms with Crippen LogP contribution >= 0.6 is 0 Å². The van der Waals surface area contributed by atoms with Crippen molar-refractivity contribution >= 4 is 18.0 Å². The first-order chi connectivity index (χ1) is 15.5. The third-order valence-electron chi connectivity index (χ3n) is 6.44. The molecule has 32 heavy (non-hydrogen) atoms. The molecule has 7 heteroatoms. The van der Waals surface area contributed by atoms with E-state index in [4.69, 9.17) is 4.74 Å². The summed E-state index contributed by atoms with van der Waals surface area (Å²) in [5.74, 6) is -1.70. The fourth-order valence-corrected chi connectivity index (χ4v) is 4.88. The quantitative estimate of drug-likeness (QED) is 0.614. The van der Waals surface area contributed by atoms with E-state index in [0.29, 0.717) is 0 Å². The number of ether oxygens (including phenoxy) is 1. The van der Waals surface area contributed by atoms with Crippen molar-refractivity contribution < 1.29 is 24.2 Å². The second-order valence-corrected chi connectivity index (χ2v) is 8.46. The summed E-state index contributed by atoms with van der Waals surface area (Å²) >= 11 is 0. The Kier molecular flexibility index (Phi) is 6.73.